The lowest BCUT2D eigenvalue weighted by Crippen LogP contribution is -2.44. The van der Waals surface area contributed by atoms with Gasteiger partial charge in [-0.25, -0.2) is 4.79 Å². The summed E-state index contributed by atoms with van der Waals surface area (Å²) in [5, 5.41) is 12.6. The number of hydrogen-bond acceptors (Lipinski definition) is 5. The van der Waals surface area contributed by atoms with Gasteiger partial charge in [0.25, 0.3) is 0 Å². The second kappa shape index (κ2) is 9.26. The molecule has 0 spiro atoms. The summed E-state index contributed by atoms with van der Waals surface area (Å²) >= 11 is 0. The van der Waals surface area contributed by atoms with Crippen LogP contribution < -0.4 is 14.8 Å². The van der Waals surface area contributed by atoms with Crippen molar-refractivity contribution >= 4 is 11.7 Å². The fourth-order valence-corrected chi connectivity index (χ4v) is 4.14. The minimum Gasteiger partial charge on any atom is -0.508 e. The van der Waals surface area contributed by atoms with Gasteiger partial charge in [0, 0.05) is 30.9 Å². The molecule has 0 bridgehead atoms. The number of amides is 2. The summed E-state index contributed by atoms with van der Waals surface area (Å²) in [4.78, 5) is 17.5. The summed E-state index contributed by atoms with van der Waals surface area (Å²) in [6, 6.07) is 12.7. The number of phenols is 1. The third-order valence-electron chi connectivity index (χ3n) is 5.73. The lowest BCUT2D eigenvalue weighted by molar-refractivity contribution is 0.171. The number of likely N-dealkylation sites (tertiary alicyclic amines) is 1. The molecule has 1 fully saturated rings. The SMILES string of the molecule is CCN1CCC[C@H]1CN(Cc1ccc(O)cc1)C(=O)Nc1ccc2c(c1)OCCO2. The first-order valence-corrected chi connectivity index (χ1v) is 10.6. The molecule has 2 heterocycles. The Morgan fingerprint density at radius 2 is 1.93 bits per heavy atom. The van der Waals surface area contributed by atoms with E-state index in [1.807, 2.05) is 29.2 Å². The molecule has 30 heavy (non-hydrogen) atoms. The van der Waals surface area contributed by atoms with Crippen molar-refractivity contribution in [3.05, 3.63) is 48.0 Å². The number of anilines is 1. The summed E-state index contributed by atoms with van der Waals surface area (Å²) in [6.45, 7) is 6.41. The van der Waals surface area contributed by atoms with Gasteiger partial charge in [0.15, 0.2) is 11.5 Å². The Kier molecular flexibility index (Phi) is 6.28. The van der Waals surface area contributed by atoms with E-state index >= 15 is 0 Å². The first kappa shape index (κ1) is 20.3. The predicted molar refractivity (Wildman–Crippen MR) is 115 cm³/mol. The monoisotopic (exact) mass is 411 g/mol. The maximum absolute atomic E-state index is 13.2. The van der Waals surface area contributed by atoms with Gasteiger partial charge in [0.1, 0.15) is 19.0 Å². The molecule has 2 amide bonds. The van der Waals surface area contributed by atoms with Crippen molar-refractivity contribution in [2.45, 2.75) is 32.4 Å². The zero-order chi connectivity index (χ0) is 20.9. The highest BCUT2D eigenvalue weighted by Gasteiger charge is 2.27. The lowest BCUT2D eigenvalue weighted by atomic mass is 10.1. The summed E-state index contributed by atoms with van der Waals surface area (Å²) in [7, 11) is 0. The Hall–Kier alpha value is -2.93. The Bertz CT molecular complexity index is 871. The lowest BCUT2D eigenvalue weighted by Gasteiger charge is -2.30. The number of urea groups is 1. The highest BCUT2D eigenvalue weighted by Crippen LogP contribution is 2.32. The number of aromatic hydroxyl groups is 1. The summed E-state index contributed by atoms with van der Waals surface area (Å²) in [6.07, 6.45) is 2.26. The Morgan fingerprint density at radius 3 is 2.70 bits per heavy atom. The molecule has 2 aliphatic rings. The standard InChI is InChI=1S/C23H29N3O4/c1-2-25-11-3-4-19(25)16-26(15-17-5-8-20(27)9-6-17)23(28)24-18-7-10-21-22(14-18)30-13-12-29-21/h5-10,14,19,27H,2-4,11-13,15-16H2,1H3,(H,24,28)/t19-/m0/s1. The van der Waals surface area contributed by atoms with E-state index in [4.69, 9.17) is 9.47 Å². The molecule has 0 saturated carbocycles. The third kappa shape index (κ3) is 4.79. The molecule has 1 saturated heterocycles. The highest BCUT2D eigenvalue weighted by atomic mass is 16.6. The van der Waals surface area contributed by atoms with Crippen LogP contribution in [0.15, 0.2) is 42.5 Å². The van der Waals surface area contributed by atoms with Crippen molar-refractivity contribution in [1.82, 2.24) is 9.80 Å². The average molecular weight is 412 g/mol. The number of nitrogens with one attached hydrogen (secondary N) is 1. The molecular weight excluding hydrogens is 382 g/mol. The van der Waals surface area contributed by atoms with Gasteiger partial charge in [-0.1, -0.05) is 19.1 Å². The van der Waals surface area contributed by atoms with Gasteiger partial charge in [-0.05, 0) is 55.8 Å². The first-order valence-electron chi connectivity index (χ1n) is 10.6. The van der Waals surface area contributed by atoms with Gasteiger partial charge in [-0.2, -0.15) is 0 Å². The molecule has 2 aliphatic heterocycles. The van der Waals surface area contributed by atoms with E-state index < -0.39 is 0 Å². The van der Waals surface area contributed by atoms with Crippen LogP contribution in [-0.4, -0.2) is 59.8 Å². The van der Waals surface area contributed by atoms with Crippen LogP contribution in [0.5, 0.6) is 17.2 Å². The Balaban J connectivity index is 1.50. The molecule has 2 N–H and O–H groups in total. The summed E-state index contributed by atoms with van der Waals surface area (Å²) < 4.78 is 11.2. The molecule has 0 unspecified atom stereocenters. The third-order valence-corrected chi connectivity index (χ3v) is 5.73. The average Bonchev–Trinajstić information content (AvgIpc) is 3.22. The van der Waals surface area contributed by atoms with E-state index in [9.17, 15) is 9.90 Å². The number of ether oxygens (including phenoxy) is 2. The van der Waals surface area contributed by atoms with Crippen LogP contribution in [0, 0.1) is 0 Å². The number of likely N-dealkylation sites (N-methyl/N-ethyl adjacent to an activating group) is 1. The molecule has 7 heteroatoms. The van der Waals surface area contributed by atoms with Crippen LogP contribution >= 0.6 is 0 Å². The van der Waals surface area contributed by atoms with Gasteiger partial charge in [0.05, 0.1) is 0 Å². The molecule has 2 aromatic carbocycles. The molecule has 7 nitrogen and oxygen atoms in total. The number of carbonyl (C=O) groups excluding carboxylic acids is 1. The van der Waals surface area contributed by atoms with Crippen molar-refractivity contribution in [3.8, 4) is 17.2 Å². The second-order valence-corrected chi connectivity index (χ2v) is 7.76. The van der Waals surface area contributed by atoms with E-state index in [1.165, 1.54) is 0 Å². The van der Waals surface area contributed by atoms with Crippen molar-refractivity contribution in [1.29, 1.82) is 0 Å². The fourth-order valence-electron chi connectivity index (χ4n) is 4.14. The van der Waals surface area contributed by atoms with Crippen LogP contribution in [-0.2, 0) is 6.54 Å². The van der Waals surface area contributed by atoms with Gasteiger partial charge >= 0.3 is 6.03 Å². The van der Waals surface area contributed by atoms with Crippen molar-refractivity contribution in [3.63, 3.8) is 0 Å². The zero-order valence-electron chi connectivity index (χ0n) is 17.3. The maximum Gasteiger partial charge on any atom is 0.322 e. The van der Waals surface area contributed by atoms with Crippen LogP contribution in [0.1, 0.15) is 25.3 Å². The fraction of sp³-hybridized carbons (Fsp3) is 0.435. The topological polar surface area (TPSA) is 74.3 Å². The predicted octanol–water partition coefficient (Wildman–Crippen LogP) is 3.68. The van der Waals surface area contributed by atoms with Crippen LogP contribution in [0.4, 0.5) is 10.5 Å². The summed E-state index contributed by atoms with van der Waals surface area (Å²) in [5.74, 6) is 1.57. The number of carbonyl (C=O) groups is 1. The molecule has 0 aromatic heterocycles. The van der Waals surface area contributed by atoms with E-state index in [0.29, 0.717) is 49.5 Å². The van der Waals surface area contributed by atoms with Crippen molar-refractivity contribution < 1.29 is 19.4 Å². The highest BCUT2D eigenvalue weighted by molar-refractivity contribution is 5.89. The van der Waals surface area contributed by atoms with Crippen LogP contribution in [0.2, 0.25) is 0 Å². The number of rotatable bonds is 6. The first-order chi connectivity index (χ1) is 14.6. The smallest absolute Gasteiger partial charge is 0.322 e. The van der Waals surface area contributed by atoms with Gasteiger partial charge in [-0.3, -0.25) is 4.90 Å². The number of hydrogen-bond donors (Lipinski definition) is 2. The number of benzene rings is 2. The van der Waals surface area contributed by atoms with E-state index in [-0.39, 0.29) is 11.8 Å². The quantitative estimate of drug-likeness (QED) is 0.759. The number of nitrogens with zero attached hydrogens (tertiary/aromatic N) is 2. The minimum atomic E-state index is -0.150. The van der Waals surface area contributed by atoms with E-state index in [2.05, 4.69) is 17.1 Å². The van der Waals surface area contributed by atoms with Crippen molar-refractivity contribution in [2.24, 2.45) is 0 Å². The zero-order valence-corrected chi connectivity index (χ0v) is 17.3. The maximum atomic E-state index is 13.2. The number of fused-ring (bicyclic) bond motifs is 1. The number of phenolic OH excluding ortho intramolecular Hbond substituents is 1. The normalized spacial score (nSPS) is 18.2. The Morgan fingerprint density at radius 1 is 1.17 bits per heavy atom. The molecule has 160 valence electrons. The molecule has 1 atom stereocenters. The van der Waals surface area contributed by atoms with Gasteiger partial charge < -0.3 is 24.8 Å². The van der Waals surface area contributed by atoms with Gasteiger partial charge in [0.2, 0.25) is 0 Å². The van der Waals surface area contributed by atoms with Gasteiger partial charge in [-0.15, -0.1) is 0 Å². The van der Waals surface area contributed by atoms with E-state index in [1.54, 1.807) is 18.2 Å². The Labute approximate surface area is 177 Å². The molecular formula is C23H29N3O4. The molecule has 0 radical (unpaired) electrons. The molecule has 4 rings (SSSR count). The molecule has 0 aliphatic carbocycles. The largest absolute Gasteiger partial charge is 0.508 e. The van der Waals surface area contributed by atoms with E-state index in [0.717, 1.165) is 31.5 Å². The molecule has 2 aromatic rings. The van der Waals surface area contributed by atoms with Crippen molar-refractivity contribution in [2.75, 3.05) is 38.2 Å². The minimum absolute atomic E-state index is 0.150. The van der Waals surface area contributed by atoms with Crippen LogP contribution in [0.25, 0.3) is 0 Å². The second-order valence-electron chi connectivity index (χ2n) is 7.76. The summed E-state index contributed by atoms with van der Waals surface area (Å²) in [5.41, 5.74) is 1.66. The van der Waals surface area contributed by atoms with Crippen LogP contribution in [0.3, 0.4) is 0 Å².